The molecule has 0 aliphatic carbocycles. The van der Waals surface area contributed by atoms with Gasteiger partial charge in [0.1, 0.15) is 0 Å². The van der Waals surface area contributed by atoms with Crippen LogP contribution in [0.3, 0.4) is 0 Å². The third-order valence-electron chi connectivity index (χ3n) is 7.31. The molecule has 2 nitrogen and oxygen atoms in total. The molecule has 0 atom stereocenters. The van der Waals surface area contributed by atoms with Crippen molar-refractivity contribution in [3.05, 3.63) is 157 Å². The molecule has 0 fully saturated rings. The first-order valence-corrected chi connectivity index (χ1v) is 13.4. The highest BCUT2D eigenvalue weighted by molar-refractivity contribution is 5.98. The minimum atomic E-state index is -0.837. The van der Waals surface area contributed by atoms with Gasteiger partial charge in [-0.15, -0.1) is 0 Å². The molecule has 0 amide bonds. The van der Waals surface area contributed by atoms with Crippen LogP contribution in [0.5, 0.6) is 0 Å². The minimum Gasteiger partial charge on any atom is -0.481 e. The highest BCUT2D eigenvalue weighted by Gasteiger charge is 2.18. The van der Waals surface area contributed by atoms with Gasteiger partial charge in [-0.1, -0.05) is 152 Å². The van der Waals surface area contributed by atoms with Crippen LogP contribution in [0.2, 0.25) is 0 Å². The number of rotatable bonds is 7. The van der Waals surface area contributed by atoms with E-state index in [1.54, 1.807) is 0 Å². The summed E-state index contributed by atoms with van der Waals surface area (Å²) >= 11 is 0. The van der Waals surface area contributed by atoms with E-state index in [1.165, 1.54) is 16.7 Å². The van der Waals surface area contributed by atoms with Crippen molar-refractivity contribution in [2.24, 2.45) is 0 Å². The monoisotopic (exact) mass is 516 g/mol. The maximum atomic E-state index is 11.6. The Hall–Kier alpha value is -5.21. The fraction of sp³-hybridized carbons (Fsp3) is 0.0263. The van der Waals surface area contributed by atoms with E-state index in [9.17, 15) is 9.90 Å². The molecule has 0 aliphatic rings. The molecule has 0 spiro atoms. The smallest absolute Gasteiger partial charge is 0.307 e. The van der Waals surface area contributed by atoms with Crippen molar-refractivity contribution in [3.8, 4) is 55.6 Å². The second-order valence-electron chi connectivity index (χ2n) is 9.78. The SMILES string of the molecule is O=C(O)Cc1ccccc1-c1ccccc1-c1ccccc1-c1ccccc1-c1ccccc1-c1ccccc1. The van der Waals surface area contributed by atoms with Gasteiger partial charge in [-0.25, -0.2) is 0 Å². The lowest BCUT2D eigenvalue weighted by atomic mass is 9.84. The van der Waals surface area contributed by atoms with Gasteiger partial charge in [-0.3, -0.25) is 4.79 Å². The van der Waals surface area contributed by atoms with Gasteiger partial charge in [0.25, 0.3) is 0 Å². The van der Waals surface area contributed by atoms with Crippen molar-refractivity contribution in [1.29, 1.82) is 0 Å². The number of carbonyl (C=O) groups is 1. The molecule has 0 saturated heterocycles. The summed E-state index contributed by atoms with van der Waals surface area (Å²) in [5.41, 5.74) is 11.9. The van der Waals surface area contributed by atoms with E-state index in [0.29, 0.717) is 0 Å². The van der Waals surface area contributed by atoms with Crippen LogP contribution in [0, 0.1) is 0 Å². The van der Waals surface area contributed by atoms with Crippen LogP contribution in [0.25, 0.3) is 55.6 Å². The van der Waals surface area contributed by atoms with E-state index in [2.05, 4.69) is 109 Å². The van der Waals surface area contributed by atoms with Gasteiger partial charge >= 0.3 is 5.97 Å². The first-order chi connectivity index (χ1) is 19.7. The Balaban J connectivity index is 1.55. The summed E-state index contributed by atoms with van der Waals surface area (Å²) in [6.45, 7) is 0. The lowest BCUT2D eigenvalue weighted by molar-refractivity contribution is -0.136. The third-order valence-corrected chi connectivity index (χ3v) is 7.31. The van der Waals surface area contributed by atoms with Crippen LogP contribution < -0.4 is 0 Å². The Kier molecular flexibility index (Phi) is 7.07. The first kappa shape index (κ1) is 25.1. The second-order valence-corrected chi connectivity index (χ2v) is 9.78. The van der Waals surface area contributed by atoms with E-state index in [0.717, 1.165) is 44.5 Å². The molecule has 6 aromatic rings. The molecule has 192 valence electrons. The molecule has 0 radical (unpaired) electrons. The van der Waals surface area contributed by atoms with E-state index in [-0.39, 0.29) is 6.42 Å². The molecule has 0 aliphatic heterocycles. The average molecular weight is 517 g/mol. The molecule has 0 unspecified atom stereocenters. The third kappa shape index (κ3) is 4.95. The minimum absolute atomic E-state index is 0.0226. The largest absolute Gasteiger partial charge is 0.481 e. The number of hydrogen-bond acceptors (Lipinski definition) is 1. The molecule has 6 aromatic carbocycles. The van der Waals surface area contributed by atoms with Crippen molar-refractivity contribution in [2.75, 3.05) is 0 Å². The predicted molar refractivity (Wildman–Crippen MR) is 165 cm³/mol. The number of hydrogen-bond donors (Lipinski definition) is 1. The standard InChI is InChI=1S/C38H28O2/c39-38(40)26-28-16-4-5-18-30(28)32-20-8-9-22-34(32)36-24-12-13-25-37(36)35-23-11-10-21-33(35)31-19-7-6-17-29(31)27-14-2-1-3-15-27/h1-25H,26H2,(H,39,40). The Morgan fingerprint density at radius 3 is 1.10 bits per heavy atom. The molecule has 6 rings (SSSR count). The zero-order chi connectivity index (χ0) is 27.3. The maximum Gasteiger partial charge on any atom is 0.307 e. The van der Waals surface area contributed by atoms with Crippen LogP contribution in [0.1, 0.15) is 5.56 Å². The number of carboxylic acids is 1. The maximum absolute atomic E-state index is 11.6. The molecular formula is C38H28O2. The van der Waals surface area contributed by atoms with Crippen molar-refractivity contribution in [1.82, 2.24) is 0 Å². The Labute approximate surface area is 234 Å². The Morgan fingerprint density at radius 1 is 0.375 bits per heavy atom. The number of aliphatic carboxylic acids is 1. The summed E-state index contributed by atoms with van der Waals surface area (Å²) in [5, 5.41) is 9.56. The molecule has 1 N–H and O–H groups in total. The zero-order valence-electron chi connectivity index (χ0n) is 22.0. The Bertz CT molecular complexity index is 1800. The molecule has 0 heterocycles. The summed E-state index contributed by atoms with van der Waals surface area (Å²) in [5.74, 6) is -0.837. The van der Waals surface area contributed by atoms with Crippen molar-refractivity contribution in [3.63, 3.8) is 0 Å². The topological polar surface area (TPSA) is 37.3 Å². The summed E-state index contributed by atoms with van der Waals surface area (Å²) < 4.78 is 0. The predicted octanol–water partition coefficient (Wildman–Crippen LogP) is 9.65. The van der Waals surface area contributed by atoms with Gasteiger partial charge in [0.15, 0.2) is 0 Å². The van der Waals surface area contributed by atoms with Crippen LogP contribution in [0.4, 0.5) is 0 Å². The van der Waals surface area contributed by atoms with Gasteiger partial charge in [-0.05, 0) is 61.2 Å². The molecule has 40 heavy (non-hydrogen) atoms. The molecule has 0 bridgehead atoms. The summed E-state index contributed by atoms with van der Waals surface area (Å²) in [7, 11) is 0. The van der Waals surface area contributed by atoms with Crippen LogP contribution in [0.15, 0.2) is 152 Å². The summed E-state index contributed by atoms with van der Waals surface area (Å²) in [6, 6.07) is 52.2. The number of benzene rings is 6. The quantitative estimate of drug-likeness (QED) is 0.229. The highest BCUT2D eigenvalue weighted by Crippen LogP contribution is 2.43. The molecule has 0 aromatic heterocycles. The number of carboxylic acid groups (broad SMARTS) is 1. The van der Waals surface area contributed by atoms with Crippen molar-refractivity contribution in [2.45, 2.75) is 6.42 Å². The lowest BCUT2D eigenvalue weighted by Gasteiger charge is -2.19. The highest BCUT2D eigenvalue weighted by atomic mass is 16.4. The first-order valence-electron chi connectivity index (χ1n) is 13.4. The zero-order valence-corrected chi connectivity index (χ0v) is 22.0. The summed E-state index contributed by atoms with van der Waals surface area (Å²) in [4.78, 5) is 11.6. The van der Waals surface area contributed by atoms with E-state index < -0.39 is 5.97 Å². The van der Waals surface area contributed by atoms with E-state index >= 15 is 0 Å². The fourth-order valence-corrected chi connectivity index (χ4v) is 5.55. The van der Waals surface area contributed by atoms with Crippen LogP contribution in [-0.2, 0) is 11.2 Å². The molecular weight excluding hydrogens is 488 g/mol. The van der Waals surface area contributed by atoms with E-state index in [1.807, 2.05) is 42.5 Å². The van der Waals surface area contributed by atoms with Gasteiger partial charge in [0.2, 0.25) is 0 Å². The Morgan fingerprint density at radius 2 is 0.675 bits per heavy atom. The molecule has 0 saturated carbocycles. The average Bonchev–Trinajstić information content (AvgIpc) is 3.01. The summed E-state index contributed by atoms with van der Waals surface area (Å²) in [6.07, 6.45) is -0.0226. The van der Waals surface area contributed by atoms with Gasteiger partial charge in [0, 0.05) is 0 Å². The van der Waals surface area contributed by atoms with Crippen LogP contribution in [-0.4, -0.2) is 11.1 Å². The van der Waals surface area contributed by atoms with Crippen LogP contribution >= 0.6 is 0 Å². The van der Waals surface area contributed by atoms with Gasteiger partial charge < -0.3 is 5.11 Å². The van der Waals surface area contributed by atoms with Gasteiger partial charge in [-0.2, -0.15) is 0 Å². The second kappa shape index (κ2) is 11.3. The fourth-order valence-electron chi connectivity index (χ4n) is 5.55. The normalized spacial score (nSPS) is 10.8. The van der Waals surface area contributed by atoms with Crippen molar-refractivity contribution >= 4 is 5.97 Å². The van der Waals surface area contributed by atoms with E-state index in [4.69, 9.17) is 0 Å². The van der Waals surface area contributed by atoms with Gasteiger partial charge in [0.05, 0.1) is 6.42 Å². The lowest BCUT2D eigenvalue weighted by Crippen LogP contribution is -2.02. The molecule has 2 heteroatoms. The van der Waals surface area contributed by atoms with Crippen molar-refractivity contribution < 1.29 is 9.90 Å².